The maximum atomic E-state index is 13.5. The summed E-state index contributed by atoms with van der Waals surface area (Å²) in [6, 6.07) is 5.18. The van der Waals surface area contributed by atoms with E-state index in [1.54, 1.807) is 51.0 Å². The number of benzene rings is 1. The van der Waals surface area contributed by atoms with Crippen molar-refractivity contribution in [2.24, 2.45) is 0 Å². The average Bonchev–Trinajstić information content (AvgIpc) is 3.10. The fourth-order valence-corrected chi connectivity index (χ4v) is 3.22. The first-order valence-corrected chi connectivity index (χ1v) is 9.19. The van der Waals surface area contributed by atoms with Crippen LogP contribution in [0.25, 0.3) is 11.3 Å². The number of piperidine rings is 1. The minimum Gasteiger partial charge on any atom is -0.444 e. The van der Waals surface area contributed by atoms with Crippen molar-refractivity contribution >= 4 is 6.09 Å². The van der Waals surface area contributed by atoms with Gasteiger partial charge in [0.15, 0.2) is 0 Å². The number of ether oxygens (including phenoxy) is 1. The molecule has 3 rings (SSSR count). The second-order valence-corrected chi connectivity index (χ2v) is 7.93. The molecule has 2 aromatic rings. The Hall–Kier alpha value is -2.52. The first kappa shape index (κ1) is 20.2. The van der Waals surface area contributed by atoms with E-state index in [1.165, 1.54) is 16.8 Å². The van der Waals surface area contributed by atoms with E-state index in [0.717, 1.165) is 0 Å². The van der Waals surface area contributed by atoms with Crippen LogP contribution in [0.5, 0.6) is 0 Å². The molecule has 2 heterocycles. The third kappa shape index (κ3) is 4.48. The summed E-state index contributed by atoms with van der Waals surface area (Å²) in [4.78, 5) is 14.1. The largest absolute Gasteiger partial charge is 0.444 e. The molecule has 0 unspecified atom stereocenters. The lowest BCUT2D eigenvalue weighted by atomic mass is 9.97. The number of aliphatic hydroxyl groups excluding tert-OH is 1. The fraction of sp³-hybridized carbons (Fsp3) is 0.526. The van der Waals surface area contributed by atoms with E-state index in [9.17, 15) is 14.3 Å². The van der Waals surface area contributed by atoms with Gasteiger partial charge in [-0.05, 0) is 40.0 Å². The van der Waals surface area contributed by atoms with Crippen LogP contribution < -0.4 is 5.32 Å². The second-order valence-electron chi connectivity index (χ2n) is 7.93. The topological polar surface area (TPSA) is 92.5 Å². The molecular formula is C19H26FN5O3. The highest BCUT2D eigenvalue weighted by Crippen LogP contribution is 2.26. The quantitative estimate of drug-likeness (QED) is 0.829. The molecule has 1 aromatic heterocycles. The predicted octanol–water partition coefficient (Wildman–Crippen LogP) is 1.82. The molecule has 1 aromatic carbocycles. The summed E-state index contributed by atoms with van der Waals surface area (Å²) >= 11 is 0. The van der Waals surface area contributed by atoms with E-state index in [4.69, 9.17) is 4.74 Å². The summed E-state index contributed by atoms with van der Waals surface area (Å²) in [5.41, 5.74) is 0.461. The van der Waals surface area contributed by atoms with Gasteiger partial charge in [0.05, 0.1) is 24.4 Å². The van der Waals surface area contributed by atoms with E-state index < -0.39 is 23.8 Å². The molecule has 8 nitrogen and oxygen atoms in total. The Morgan fingerprint density at radius 1 is 1.36 bits per heavy atom. The Bertz CT molecular complexity index is 835. The van der Waals surface area contributed by atoms with Crippen molar-refractivity contribution in [3.63, 3.8) is 0 Å². The molecule has 0 aliphatic carbocycles. The van der Waals surface area contributed by atoms with Crippen LogP contribution in [-0.4, -0.2) is 69.0 Å². The number of halogens is 1. The first-order valence-electron chi connectivity index (χ1n) is 9.19. The van der Waals surface area contributed by atoms with Crippen molar-refractivity contribution in [2.45, 2.75) is 44.6 Å². The number of aromatic nitrogens is 3. The van der Waals surface area contributed by atoms with Gasteiger partial charge in [-0.25, -0.2) is 13.9 Å². The van der Waals surface area contributed by atoms with Crippen LogP contribution in [0.2, 0.25) is 0 Å². The molecule has 3 atom stereocenters. The molecule has 152 valence electrons. The predicted molar refractivity (Wildman–Crippen MR) is 101 cm³/mol. The van der Waals surface area contributed by atoms with E-state index >= 15 is 0 Å². The van der Waals surface area contributed by atoms with Crippen LogP contribution in [-0.2, 0) is 4.74 Å². The number of aliphatic hydroxyl groups is 1. The number of carbonyl (C=O) groups excluding carboxylic acids is 1. The SMILES string of the molecule is CN[C@@H]1CN(C(=O)OC(C)(C)C)C[C@H](n2cc(-c3cccc(F)c3)nn2)[C@H]1O. The number of carbonyl (C=O) groups is 1. The van der Waals surface area contributed by atoms with Gasteiger partial charge in [-0.3, -0.25) is 0 Å². The van der Waals surface area contributed by atoms with E-state index in [2.05, 4.69) is 15.6 Å². The molecule has 1 aliphatic heterocycles. The summed E-state index contributed by atoms with van der Waals surface area (Å²) < 4.78 is 20.5. The molecule has 0 saturated carbocycles. The number of likely N-dealkylation sites (tertiary alicyclic amines) is 1. The van der Waals surface area contributed by atoms with Gasteiger partial charge < -0.3 is 20.1 Å². The molecule has 9 heteroatoms. The van der Waals surface area contributed by atoms with Crippen molar-refractivity contribution in [2.75, 3.05) is 20.1 Å². The number of nitrogens with one attached hydrogen (secondary N) is 1. The molecule has 1 fully saturated rings. The molecule has 28 heavy (non-hydrogen) atoms. The molecule has 0 bridgehead atoms. The number of nitrogens with zero attached hydrogens (tertiary/aromatic N) is 4. The van der Waals surface area contributed by atoms with Crippen molar-refractivity contribution in [1.29, 1.82) is 0 Å². The molecule has 2 N–H and O–H groups in total. The number of likely N-dealkylation sites (N-methyl/N-ethyl adjacent to an activating group) is 1. The standard InChI is InChI=1S/C19H26FN5O3/c1-19(2,3)28-18(27)24-9-15(21-4)17(26)16(11-24)25-10-14(22-23-25)12-6-5-7-13(20)8-12/h5-8,10,15-17,21,26H,9,11H2,1-4H3/t15-,16+,17+/m1/s1. The smallest absolute Gasteiger partial charge is 0.410 e. The first-order chi connectivity index (χ1) is 13.2. The zero-order chi connectivity index (χ0) is 20.5. The lowest BCUT2D eigenvalue weighted by Crippen LogP contribution is -2.59. The van der Waals surface area contributed by atoms with Gasteiger partial charge in [0.2, 0.25) is 0 Å². The van der Waals surface area contributed by atoms with Gasteiger partial charge in [0.25, 0.3) is 0 Å². The molecule has 0 spiro atoms. The van der Waals surface area contributed by atoms with Crippen molar-refractivity contribution in [3.8, 4) is 11.3 Å². The normalized spacial score (nSPS) is 22.9. The number of rotatable bonds is 3. The van der Waals surface area contributed by atoms with Crippen LogP contribution in [0, 0.1) is 5.82 Å². The molecule has 1 saturated heterocycles. The maximum Gasteiger partial charge on any atom is 0.410 e. The fourth-order valence-electron chi connectivity index (χ4n) is 3.22. The highest BCUT2D eigenvalue weighted by molar-refractivity contribution is 5.68. The molecular weight excluding hydrogens is 365 g/mol. The van der Waals surface area contributed by atoms with Gasteiger partial charge in [-0.2, -0.15) is 0 Å². The van der Waals surface area contributed by atoms with Crippen LogP contribution in [0.15, 0.2) is 30.5 Å². The van der Waals surface area contributed by atoms with Gasteiger partial charge >= 0.3 is 6.09 Å². The average molecular weight is 391 g/mol. The van der Waals surface area contributed by atoms with Crippen molar-refractivity contribution in [1.82, 2.24) is 25.2 Å². The lowest BCUT2D eigenvalue weighted by Gasteiger charge is -2.41. The third-order valence-corrected chi connectivity index (χ3v) is 4.62. The maximum absolute atomic E-state index is 13.5. The van der Waals surface area contributed by atoms with E-state index in [0.29, 0.717) is 17.8 Å². The van der Waals surface area contributed by atoms with E-state index in [-0.39, 0.29) is 18.4 Å². The summed E-state index contributed by atoms with van der Waals surface area (Å²) in [5.74, 6) is -0.365. The second kappa shape index (κ2) is 7.84. The van der Waals surface area contributed by atoms with Gasteiger partial charge in [0.1, 0.15) is 17.1 Å². The molecule has 1 amide bonds. The molecule has 0 radical (unpaired) electrons. The highest BCUT2D eigenvalue weighted by Gasteiger charge is 2.40. The Morgan fingerprint density at radius 3 is 2.75 bits per heavy atom. The van der Waals surface area contributed by atoms with Crippen LogP contribution in [0.3, 0.4) is 0 Å². The van der Waals surface area contributed by atoms with E-state index in [1.807, 2.05) is 0 Å². The van der Waals surface area contributed by atoms with Crippen molar-refractivity contribution in [3.05, 3.63) is 36.3 Å². The van der Waals surface area contributed by atoms with Gasteiger partial charge in [-0.15, -0.1) is 5.10 Å². The molecule has 1 aliphatic rings. The summed E-state index contributed by atoms with van der Waals surface area (Å²) in [6.07, 6.45) is 0.411. The summed E-state index contributed by atoms with van der Waals surface area (Å²) in [6.45, 7) is 5.95. The summed E-state index contributed by atoms with van der Waals surface area (Å²) in [7, 11) is 1.73. The number of amides is 1. The van der Waals surface area contributed by atoms with Gasteiger partial charge in [0, 0.05) is 18.7 Å². The Kier molecular flexibility index (Phi) is 5.66. The minimum atomic E-state index is -0.786. The Morgan fingerprint density at radius 2 is 2.11 bits per heavy atom. The Balaban J connectivity index is 1.84. The van der Waals surface area contributed by atoms with Crippen LogP contribution in [0.4, 0.5) is 9.18 Å². The minimum absolute atomic E-state index is 0.222. The zero-order valence-corrected chi connectivity index (χ0v) is 16.5. The Labute approximate surface area is 163 Å². The van der Waals surface area contributed by atoms with Crippen LogP contribution in [0.1, 0.15) is 26.8 Å². The lowest BCUT2D eigenvalue weighted by molar-refractivity contribution is -0.0213. The number of hydrogen-bond acceptors (Lipinski definition) is 6. The van der Waals surface area contributed by atoms with Gasteiger partial charge in [-0.1, -0.05) is 17.3 Å². The summed E-state index contributed by atoms with van der Waals surface area (Å²) in [5, 5.41) is 22.0. The monoisotopic (exact) mass is 391 g/mol. The highest BCUT2D eigenvalue weighted by atomic mass is 19.1. The third-order valence-electron chi connectivity index (χ3n) is 4.62. The van der Waals surface area contributed by atoms with Crippen molar-refractivity contribution < 1.29 is 19.0 Å². The zero-order valence-electron chi connectivity index (χ0n) is 16.5. The number of hydrogen-bond donors (Lipinski definition) is 2. The van der Waals surface area contributed by atoms with Crippen LogP contribution >= 0.6 is 0 Å².